The topological polar surface area (TPSA) is 38.2 Å². The molecule has 18 heavy (non-hydrogen) atoms. The summed E-state index contributed by atoms with van der Waals surface area (Å²) in [6, 6.07) is 0. The molecule has 0 aromatic carbocycles. The lowest BCUT2D eigenvalue weighted by Crippen LogP contribution is -2.25. The van der Waals surface area contributed by atoms with Crippen LogP contribution in [0.5, 0.6) is 5.88 Å². The van der Waals surface area contributed by atoms with Crippen molar-refractivity contribution in [2.24, 2.45) is 0 Å². The third-order valence-corrected chi connectivity index (χ3v) is 3.38. The van der Waals surface area contributed by atoms with Gasteiger partial charge in [0.2, 0.25) is 0 Å². The van der Waals surface area contributed by atoms with Crippen LogP contribution in [-0.4, -0.2) is 47.1 Å². The lowest BCUT2D eigenvalue weighted by molar-refractivity contribution is 0.288. The van der Waals surface area contributed by atoms with Crippen LogP contribution in [0.15, 0.2) is 6.08 Å². The number of likely N-dealkylation sites (N-methyl/N-ethyl adjacent to an activating group) is 1. The van der Waals surface area contributed by atoms with Crippen LogP contribution in [0.3, 0.4) is 0 Å². The molecule has 0 amide bonds. The van der Waals surface area contributed by atoms with E-state index in [1.807, 2.05) is 0 Å². The number of alkyl halides is 1. The van der Waals surface area contributed by atoms with Gasteiger partial charge in [0, 0.05) is 13.1 Å². The summed E-state index contributed by atoms with van der Waals surface area (Å²) in [7, 11) is 2.09. The van der Waals surface area contributed by atoms with Gasteiger partial charge in [0.15, 0.2) is 0 Å². The van der Waals surface area contributed by atoms with Crippen molar-refractivity contribution in [1.82, 2.24) is 13.6 Å². The Morgan fingerprint density at radius 1 is 1.44 bits per heavy atom. The molecule has 0 bridgehead atoms. The Morgan fingerprint density at radius 2 is 2.33 bits per heavy atom. The molecule has 1 aromatic heterocycles. The molecular weight excluding hydrogens is 253 g/mol. The lowest BCUT2D eigenvalue weighted by Gasteiger charge is -2.22. The summed E-state index contributed by atoms with van der Waals surface area (Å²) in [5, 5.41) is 0. The SMILES string of the molecule is CN1CCC=C(c2nsnc2OCCCCF)C1. The van der Waals surface area contributed by atoms with Crippen LogP contribution in [0.25, 0.3) is 5.57 Å². The van der Waals surface area contributed by atoms with E-state index in [1.165, 1.54) is 17.3 Å². The van der Waals surface area contributed by atoms with E-state index in [9.17, 15) is 4.39 Å². The second-order valence-electron chi connectivity index (χ2n) is 4.42. The Labute approximate surface area is 111 Å². The van der Waals surface area contributed by atoms with Crippen molar-refractivity contribution in [3.8, 4) is 5.88 Å². The number of halogens is 1. The molecule has 1 aromatic rings. The second-order valence-corrected chi connectivity index (χ2v) is 4.95. The van der Waals surface area contributed by atoms with Crippen LogP contribution in [0.1, 0.15) is 25.0 Å². The third-order valence-electron chi connectivity index (χ3n) is 2.87. The van der Waals surface area contributed by atoms with Crippen LogP contribution in [-0.2, 0) is 0 Å². The molecule has 0 fully saturated rings. The summed E-state index contributed by atoms with van der Waals surface area (Å²) in [5.74, 6) is 0.598. The summed E-state index contributed by atoms with van der Waals surface area (Å²) >= 11 is 1.17. The van der Waals surface area contributed by atoms with E-state index in [2.05, 4.69) is 26.8 Å². The van der Waals surface area contributed by atoms with E-state index in [0.717, 1.165) is 25.2 Å². The first-order valence-electron chi connectivity index (χ1n) is 6.20. The predicted octanol–water partition coefficient (Wildman–Crippen LogP) is 2.39. The maximum atomic E-state index is 12.0. The lowest BCUT2D eigenvalue weighted by atomic mass is 10.1. The molecular formula is C12H18FN3OS. The van der Waals surface area contributed by atoms with E-state index >= 15 is 0 Å². The average Bonchev–Trinajstić information content (AvgIpc) is 2.83. The van der Waals surface area contributed by atoms with Gasteiger partial charge in [0.1, 0.15) is 5.69 Å². The first kappa shape index (κ1) is 13.4. The first-order valence-corrected chi connectivity index (χ1v) is 6.93. The number of nitrogens with zero attached hydrogens (tertiary/aromatic N) is 3. The monoisotopic (exact) mass is 271 g/mol. The fourth-order valence-electron chi connectivity index (χ4n) is 1.90. The molecule has 0 N–H and O–H groups in total. The Hall–Kier alpha value is -1.01. The van der Waals surface area contributed by atoms with Crippen molar-refractivity contribution >= 4 is 17.3 Å². The van der Waals surface area contributed by atoms with Crippen molar-refractivity contribution < 1.29 is 9.13 Å². The molecule has 0 radical (unpaired) electrons. The van der Waals surface area contributed by atoms with E-state index in [1.54, 1.807) is 0 Å². The predicted molar refractivity (Wildman–Crippen MR) is 70.7 cm³/mol. The maximum Gasteiger partial charge on any atom is 0.253 e. The van der Waals surface area contributed by atoms with Crippen LogP contribution < -0.4 is 4.74 Å². The zero-order valence-electron chi connectivity index (χ0n) is 10.6. The van der Waals surface area contributed by atoms with Crippen LogP contribution >= 0.6 is 11.7 Å². The standard InChI is InChI=1S/C12H18FN3OS/c1-16-7-4-5-10(9-16)11-12(15-18-14-11)17-8-3-2-6-13/h5H,2-4,6-9H2,1H3. The molecule has 0 saturated heterocycles. The van der Waals surface area contributed by atoms with Gasteiger partial charge in [-0.1, -0.05) is 6.08 Å². The number of unbranched alkanes of at least 4 members (excludes halogenated alkanes) is 1. The van der Waals surface area contributed by atoms with Gasteiger partial charge in [0.25, 0.3) is 5.88 Å². The number of rotatable bonds is 6. The molecule has 1 aliphatic rings. The zero-order valence-corrected chi connectivity index (χ0v) is 11.4. The molecule has 0 spiro atoms. The van der Waals surface area contributed by atoms with Crippen LogP contribution in [0.4, 0.5) is 4.39 Å². The molecule has 0 saturated carbocycles. The highest BCUT2D eigenvalue weighted by Gasteiger charge is 2.18. The summed E-state index contributed by atoms with van der Waals surface area (Å²) in [6.07, 6.45) is 4.49. The van der Waals surface area contributed by atoms with Gasteiger partial charge in [0.05, 0.1) is 25.0 Å². The Kier molecular flexibility index (Phi) is 5.07. The quantitative estimate of drug-likeness (QED) is 0.745. The van der Waals surface area contributed by atoms with Crippen molar-refractivity contribution in [1.29, 1.82) is 0 Å². The molecule has 0 atom stereocenters. The highest BCUT2D eigenvalue weighted by molar-refractivity contribution is 6.99. The number of ether oxygens (including phenoxy) is 1. The first-order chi connectivity index (χ1) is 8.81. The maximum absolute atomic E-state index is 12.0. The van der Waals surface area contributed by atoms with Gasteiger partial charge >= 0.3 is 0 Å². The second kappa shape index (κ2) is 6.80. The molecule has 0 aliphatic carbocycles. The van der Waals surface area contributed by atoms with Gasteiger partial charge in [-0.2, -0.15) is 4.37 Å². The van der Waals surface area contributed by atoms with Crippen molar-refractivity contribution in [2.75, 3.05) is 33.4 Å². The van der Waals surface area contributed by atoms with E-state index in [4.69, 9.17) is 4.74 Å². The summed E-state index contributed by atoms with van der Waals surface area (Å²) in [4.78, 5) is 2.25. The molecule has 4 nitrogen and oxygen atoms in total. The zero-order chi connectivity index (χ0) is 12.8. The fraction of sp³-hybridized carbons (Fsp3) is 0.667. The van der Waals surface area contributed by atoms with E-state index in [-0.39, 0.29) is 6.67 Å². The molecule has 6 heteroatoms. The highest BCUT2D eigenvalue weighted by Crippen LogP contribution is 2.26. The summed E-state index contributed by atoms with van der Waals surface area (Å²) < 4.78 is 26.0. The van der Waals surface area contributed by atoms with Crippen LogP contribution in [0, 0.1) is 0 Å². The molecule has 2 rings (SSSR count). The molecule has 2 heterocycles. The Bertz CT molecular complexity index is 408. The smallest absolute Gasteiger partial charge is 0.253 e. The van der Waals surface area contributed by atoms with Crippen molar-refractivity contribution in [3.05, 3.63) is 11.8 Å². The van der Waals surface area contributed by atoms with Gasteiger partial charge in [-0.3, -0.25) is 4.39 Å². The van der Waals surface area contributed by atoms with Crippen molar-refractivity contribution in [2.45, 2.75) is 19.3 Å². The van der Waals surface area contributed by atoms with Gasteiger partial charge < -0.3 is 9.64 Å². The fourth-order valence-corrected chi connectivity index (χ4v) is 2.43. The van der Waals surface area contributed by atoms with Gasteiger partial charge in [-0.15, -0.1) is 4.37 Å². The molecule has 0 unspecified atom stereocenters. The van der Waals surface area contributed by atoms with E-state index in [0.29, 0.717) is 25.3 Å². The highest BCUT2D eigenvalue weighted by atomic mass is 32.1. The normalized spacial score (nSPS) is 16.7. The van der Waals surface area contributed by atoms with Crippen molar-refractivity contribution in [3.63, 3.8) is 0 Å². The molecule has 100 valence electrons. The summed E-state index contributed by atoms with van der Waals surface area (Å²) in [6.45, 7) is 2.17. The van der Waals surface area contributed by atoms with E-state index < -0.39 is 0 Å². The Balaban J connectivity index is 1.96. The van der Waals surface area contributed by atoms with Crippen LogP contribution in [0.2, 0.25) is 0 Å². The third kappa shape index (κ3) is 3.49. The number of hydrogen-bond acceptors (Lipinski definition) is 5. The minimum absolute atomic E-state index is 0.290. The molecule has 1 aliphatic heterocycles. The largest absolute Gasteiger partial charge is 0.475 e. The van der Waals surface area contributed by atoms with Gasteiger partial charge in [-0.05, 0) is 31.9 Å². The number of aromatic nitrogens is 2. The summed E-state index contributed by atoms with van der Waals surface area (Å²) in [5.41, 5.74) is 2.03. The Morgan fingerprint density at radius 3 is 3.11 bits per heavy atom. The van der Waals surface area contributed by atoms with Gasteiger partial charge in [-0.25, -0.2) is 0 Å². The average molecular weight is 271 g/mol. The minimum Gasteiger partial charge on any atom is -0.475 e. The minimum atomic E-state index is -0.290. The number of hydrogen-bond donors (Lipinski definition) is 0.